The number of nitrogens with zero attached hydrogens (tertiary/aromatic N) is 4. The number of tetrazole rings is 1. The van der Waals surface area contributed by atoms with Crippen molar-refractivity contribution in [3.63, 3.8) is 0 Å². The van der Waals surface area contributed by atoms with Crippen LogP contribution in [-0.4, -0.2) is 26.1 Å². The molecule has 6 nitrogen and oxygen atoms in total. The predicted octanol–water partition coefficient (Wildman–Crippen LogP) is 1.43. The van der Waals surface area contributed by atoms with Gasteiger partial charge in [0.15, 0.2) is 0 Å². The first kappa shape index (κ1) is 13.7. The number of aryl methyl sites for hydroxylation is 2. The van der Waals surface area contributed by atoms with Crippen LogP contribution in [0.3, 0.4) is 0 Å². The molecule has 1 amide bonds. The van der Waals surface area contributed by atoms with Crippen molar-refractivity contribution in [2.75, 3.05) is 0 Å². The summed E-state index contributed by atoms with van der Waals surface area (Å²) in [6.45, 7) is 2.14. The molecule has 1 aliphatic rings. The number of rotatable bonds is 4. The molecule has 3 rings (SSSR count). The largest absolute Gasteiger partial charge is 0.348 e. The van der Waals surface area contributed by atoms with Crippen molar-refractivity contribution in [2.45, 2.75) is 45.2 Å². The molecule has 1 aromatic heterocycles. The second-order valence-electron chi connectivity index (χ2n) is 5.53. The van der Waals surface area contributed by atoms with E-state index in [9.17, 15) is 4.79 Å². The van der Waals surface area contributed by atoms with Gasteiger partial charge in [0.2, 0.25) is 5.91 Å². The zero-order valence-corrected chi connectivity index (χ0v) is 12.1. The lowest BCUT2D eigenvalue weighted by atomic mass is 9.89. The zero-order chi connectivity index (χ0) is 14.7. The van der Waals surface area contributed by atoms with E-state index in [2.05, 4.69) is 39.0 Å². The summed E-state index contributed by atoms with van der Waals surface area (Å²) in [7, 11) is 0. The van der Waals surface area contributed by atoms with Crippen LogP contribution in [0, 0.1) is 0 Å². The minimum absolute atomic E-state index is 0.0128. The molecule has 0 bridgehead atoms. The normalized spacial score (nSPS) is 15.3. The summed E-state index contributed by atoms with van der Waals surface area (Å²) in [4.78, 5) is 12.0. The molecule has 1 heterocycles. The first-order valence-electron chi connectivity index (χ1n) is 7.34. The Morgan fingerprint density at radius 2 is 2.14 bits per heavy atom. The maximum Gasteiger partial charge on any atom is 0.242 e. The van der Waals surface area contributed by atoms with Gasteiger partial charge in [-0.2, -0.15) is 0 Å². The highest BCUT2D eigenvalue weighted by Gasteiger charge is 2.14. The fraction of sp³-hybridized carbons (Fsp3) is 0.467. The Hall–Kier alpha value is -2.24. The van der Waals surface area contributed by atoms with E-state index in [1.165, 1.54) is 41.4 Å². The number of aromatic nitrogens is 4. The van der Waals surface area contributed by atoms with Crippen LogP contribution in [0.5, 0.6) is 0 Å². The Morgan fingerprint density at radius 3 is 2.90 bits per heavy atom. The van der Waals surface area contributed by atoms with Gasteiger partial charge in [0.1, 0.15) is 12.9 Å². The minimum atomic E-state index is -0.0903. The number of hydrogen-bond donors (Lipinski definition) is 1. The lowest BCUT2D eigenvalue weighted by Gasteiger charge is -2.20. The quantitative estimate of drug-likeness (QED) is 0.922. The molecule has 21 heavy (non-hydrogen) atoms. The average Bonchev–Trinajstić information content (AvgIpc) is 2.99. The van der Waals surface area contributed by atoms with Crippen molar-refractivity contribution in [3.05, 3.63) is 41.2 Å². The van der Waals surface area contributed by atoms with Gasteiger partial charge < -0.3 is 5.32 Å². The molecule has 1 aromatic carbocycles. The molecule has 6 heteroatoms. The van der Waals surface area contributed by atoms with Crippen molar-refractivity contribution in [1.82, 2.24) is 25.5 Å². The standard InChI is InChI=1S/C15H19N5O/c1-11(17-15(21)9-20-10-16-18-19-20)13-7-6-12-4-2-3-5-14(12)8-13/h6-8,10-11H,2-5,9H2,1H3,(H,17,21). The Bertz CT molecular complexity index is 623. The molecule has 0 fully saturated rings. The van der Waals surface area contributed by atoms with Gasteiger partial charge >= 0.3 is 0 Å². The number of amides is 1. The van der Waals surface area contributed by atoms with E-state index in [1.54, 1.807) is 0 Å². The molecule has 1 aliphatic carbocycles. The van der Waals surface area contributed by atoms with Crippen LogP contribution in [0.2, 0.25) is 0 Å². The monoisotopic (exact) mass is 285 g/mol. The number of fused-ring (bicyclic) bond motifs is 1. The van der Waals surface area contributed by atoms with Crippen LogP contribution in [0.25, 0.3) is 0 Å². The molecular formula is C15H19N5O. The van der Waals surface area contributed by atoms with E-state index >= 15 is 0 Å². The fourth-order valence-corrected chi connectivity index (χ4v) is 2.79. The van der Waals surface area contributed by atoms with Crippen LogP contribution < -0.4 is 5.32 Å². The van der Waals surface area contributed by atoms with Crippen LogP contribution >= 0.6 is 0 Å². The SMILES string of the molecule is CC(NC(=O)Cn1cnnn1)c1ccc2c(c1)CCCC2. The number of hydrogen-bond acceptors (Lipinski definition) is 4. The zero-order valence-electron chi connectivity index (χ0n) is 12.1. The lowest BCUT2D eigenvalue weighted by molar-refractivity contribution is -0.122. The van der Waals surface area contributed by atoms with Gasteiger partial charge in [-0.05, 0) is 59.7 Å². The molecule has 0 saturated heterocycles. The summed E-state index contributed by atoms with van der Waals surface area (Å²) in [6, 6.07) is 6.54. The Morgan fingerprint density at radius 1 is 1.33 bits per heavy atom. The topological polar surface area (TPSA) is 72.7 Å². The summed E-state index contributed by atoms with van der Waals surface area (Å²) < 4.78 is 1.41. The second-order valence-corrected chi connectivity index (χ2v) is 5.53. The van der Waals surface area contributed by atoms with E-state index in [-0.39, 0.29) is 18.5 Å². The summed E-state index contributed by atoms with van der Waals surface area (Å²) in [5.74, 6) is -0.0903. The van der Waals surface area contributed by atoms with E-state index in [0.29, 0.717) is 0 Å². The van der Waals surface area contributed by atoms with Gasteiger partial charge in [-0.15, -0.1) is 5.10 Å². The van der Waals surface area contributed by atoms with Gasteiger partial charge in [0, 0.05) is 0 Å². The molecule has 2 aromatic rings. The van der Waals surface area contributed by atoms with Crippen molar-refractivity contribution in [1.29, 1.82) is 0 Å². The smallest absolute Gasteiger partial charge is 0.242 e. The second kappa shape index (κ2) is 6.03. The summed E-state index contributed by atoms with van der Waals surface area (Å²) in [6.07, 6.45) is 6.30. The van der Waals surface area contributed by atoms with Crippen LogP contribution in [0.1, 0.15) is 42.5 Å². The maximum atomic E-state index is 12.0. The summed E-state index contributed by atoms with van der Waals surface area (Å²) in [5, 5.41) is 13.7. The van der Waals surface area contributed by atoms with E-state index in [0.717, 1.165) is 12.0 Å². The van der Waals surface area contributed by atoms with Crippen molar-refractivity contribution < 1.29 is 4.79 Å². The first-order valence-corrected chi connectivity index (χ1v) is 7.34. The van der Waals surface area contributed by atoms with Crippen molar-refractivity contribution in [2.24, 2.45) is 0 Å². The van der Waals surface area contributed by atoms with E-state index in [4.69, 9.17) is 0 Å². The predicted molar refractivity (Wildman–Crippen MR) is 77.5 cm³/mol. The Labute approximate surface area is 123 Å². The van der Waals surface area contributed by atoms with Gasteiger partial charge in [-0.1, -0.05) is 18.2 Å². The Balaban J connectivity index is 1.64. The van der Waals surface area contributed by atoms with Crippen LogP contribution in [0.15, 0.2) is 24.5 Å². The number of carbonyl (C=O) groups is 1. The first-order chi connectivity index (χ1) is 10.2. The molecular weight excluding hydrogens is 266 g/mol. The molecule has 0 radical (unpaired) electrons. The third-order valence-corrected chi connectivity index (χ3v) is 3.95. The summed E-state index contributed by atoms with van der Waals surface area (Å²) >= 11 is 0. The highest BCUT2D eigenvalue weighted by Crippen LogP contribution is 2.24. The Kier molecular flexibility index (Phi) is 3.94. The van der Waals surface area contributed by atoms with Gasteiger partial charge in [-0.25, -0.2) is 4.68 Å². The highest BCUT2D eigenvalue weighted by atomic mass is 16.2. The molecule has 1 unspecified atom stereocenters. The molecule has 0 saturated carbocycles. The summed E-state index contributed by atoms with van der Waals surface area (Å²) in [5.41, 5.74) is 4.04. The third-order valence-electron chi connectivity index (χ3n) is 3.95. The van der Waals surface area contributed by atoms with Gasteiger partial charge in [0.25, 0.3) is 0 Å². The molecule has 1 atom stereocenters. The van der Waals surface area contributed by atoms with Gasteiger partial charge in [0.05, 0.1) is 6.04 Å². The fourth-order valence-electron chi connectivity index (χ4n) is 2.79. The average molecular weight is 285 g/mol. The van der Waals surface area contributed by atoms with E-state index < -0.39 is 0 Å². The molecule has 1 N–H and O–H groups in total. The lowest BCUT2D eigenvalue weighted by Crippen LogP contribution is -2.30. The number of benzene rings is 1. The van der Waals surface area contributed by atoms with Crippen LogP contribution in [0.4, 0.5) is 0 Å². The van der Waals surface area contributed by atoms with E-state index in [1.807, 2.05) is 6.92 Å². The van der Waals surface area contributed by atoms with Crippen molar-refractivity contribution >= 4 is 5.91 Å². The number of carbonyl (C=O) groups excluding carboxylic acids is 1. The third kappa shape index (κ3) is 3.26. The van der Waals surface area contributed by atoms with Crippen molar-refractivity contribution in [3.8, 4) is 0 Å². The molecule has 0 aliphatic heterocycles. The highest BCUT2D eigenvalue weighted by molar-refractivity contribution is 5.76. The van der Waals surface area contributed by atoms with Crippen LogP contribution in [-0.2, 0) is 24.2 Å². The molecule has 110 valence electrons. The minimum Gasteiger partial charge on any atom is -0.348 e. The number of nitrogens with one attached hydrogen (secondary N) is 1. The molecule has 0 spiro atoms. The maximum absolute atomic E-state index is 12.0. The van der Waals surface area contributed by atoms with Gasteiger partial charge in [-0.3, -0.25) is 4.79 Å².